The molecule has 0 unspecified atom stereocenters. The van der Waals surface area contributed by atoms with Crippen LogP contribution in [0.5, 0.6) is 0 Å². The van der Waals surface area contributed by atoms with E-state index in [9.17, 15) is 14.3 Å². The summed E-state index contributed by atoms with van der Waals surface area (Å²) in [6, 6.07) is 13.7. The van der Waals surface area contributed by atoms with E-state index in [1.54, 1.807) is 24.5 Å². The van der Waals surface area contributed by atoms with Gasteiger partial charge in [-0.25, -0.2) is 14.4 Å². The lowest BCUT2D eigenvalue weighted by Gasteiger charge is -2.32. The first-order chi connectivity index (χ1) is 15.1. The molecule has 1 aliphatic heterocycles. The fourth-order valence-electron chi connectivity index (χ4n) is 3.81. The Hall–Kier alpha value is -3.32. The molecule has 0 atom stereocenters. The Balaban J connectivity index is 1.45. The SMILES string of the molecule is O=C(Cc1cccc(F)c1)Nc1cc(-c2ccnc(N3CCC(CO)CC3)c2)ccn1. The number of carbonyl (C=O) groups excluding carboxylic acids is 1. The van der Waals surface area contributed by atoms with Crippen molar-refractivity contribution in [1.82, 2.24) is 9.97 Å². The Bertz CT molecular complexity index is 1050. The first-order valence-corrected chi connectivity index (χ1v) is 10.4. The molecule has 0 saturated carbocycles. The van der Waals surface area contributed by atoms with Crippen molar-refractivity contribution in [2.24, 2.45) is 5.92 Å². The van der Waals surface area contributed by atoms with Crippen LogP contribution in [0.1, 0.15) is 18.4 Å². The molecule has 1 amide bonds. The van der Waals surface area contributed by atoms with Crippen molar-refractivity contribution in [3.05, 3.63) is 72.3 Å². The van der Waals surface area contributed by atoms with Gasteiger partial charge in [0.1, 0.15) is 17.5 Å². The summed E-state index contributed by atoms with van der Waals surface area (Å²) in [5.41, 5.74) is 2.51. The van der Waals surface area contributed by atoms with Crippen LogP contribution in [0.15, 0.2) is 60.9 Å². The standard InChI is InChI=1S/C24H25FN4O2/c25-21-3-1-2-18(12-21)13-24(31)28-22-14-19(4-8-26-22)20-5-9-27-23(15-20)29-10-6-17(16-30)7-11-29/h1-5,8-9,12,14-15,17,30H,6-7,10-11,13,16H2,(H,26,28,31). The molecule has 6 nitrogen and oxygen atoms in total. The number of rotatable bonds is 6. The first-order valence-electron chi connectivity index (χ1n) is 10.4. The lowest BCUT2D eigenvalue weighted by molar-refractivity contribution is -0.115. The van der Waals surface area contributed by atoms with E-state index in [1.165, 1.54) is 12.1 Å². The predicted molar refractivity (Wildman–Crippen MR) is 118 cm³/mol. The molecule has 0 bridgehead atoms. The van der Waals surface area contributed by atoms with Crippen molar-refractivity contribution >= 4 is 17.5 Å². The lowest BCUT2D eigenvalue weighted by atomic mass is 9.98. The van der Waals surface area contributed by atoms with Crippen LogP contribution in [0.4, 0.5) is 16.0 Å². The highest BCUT2D eigenvalue weighted by Crippen LogP contribution is 2.27. The number of anilines is 2. The molecule has 0 spiro atoms. The smallest absolute Gasteiger partial charge is 0.229 e. The largest absolute Gasteiger partial charge is 0.396 e. The van der Waals surface area contributed by atoms with Gasteiger partial charge >= 0.3 is 0 Å². The minimum Gasteiger partial charge on any atom is -0.396 e. The van der Waals surface area contributed by atoms with E-state index in [1.807, 2.05) is 24.3 Å². The summed E-state index contributed by atoms with van der Waals surface area (Å²) in [5.74, 6) is 1.11. The van der Waals surface area contributed by atoms with E-state index in [2.05, 4.69) is 20.2 Å². The summed E-state index contributed by atoms with van der Waals surface area (Å²) in [6.45, 7) is 1.99. The summed E-state index contributed by atoms with van der Waals surface area (Å²) >= 11 is 0. The lowest BCUT2D eigenvalue weighted by Crippen LogP contribution is -2.35. The van der Waals surface area contributed by atoms with E-state index in [-0.39, 0.29) is 24.8 Å². The van der Waals surface area contributed by atoms with Crippen molar-refractivity contribution in [1.29, 1.82) is 0 Å². The zero-order valence-corrected chi connectivity index (χ0v) is 17.2. The molecule has 2 N–H and O–H groups in total. The number of nitrogens with one attached hydrogen (secondary N) is 1. The number of aliphatic hydroxyl groups is 1. The van der Waals surface area contributed by atoms with Gasteiger partial charge in [0.25, 0.3) is 0 Å². The maximum absolute atomic E-state index is 13.3. The van der Waals surface area contributed by atoms with E-state index in [0.29, 0.717) is 17.3 Å². The van der Waals surface area contributed by atoms with Gasteiger partial charge in [-0.05, 0) is 71.8 Å². The molecule has 4 rings (SSSR count). The summed E-state index contributed by atoms with van der Waals surface area (Å²) in [5, 5.41) is 12.1. The molecule has 3 heterocycles. The minimum absolute atomic E-state index is 0.0763. The van der Waals surface area contributed by atoms with Crippen LogP contribution < -0.4 is 10.2 Å². The van der Waals surface area contributed by atoms with Crippen molar-refractivity contribution in [2.75, 3.05) is 29.9 Å². The summed E-state index contributed by atoms with van der Waals surface area (Å²) in [6.07, 6.45) is 5.43. The van der Waals surface area contributed by atoms with Crippen LogP contribution in [-0.4, -0.2) is 40.7 Å². The molecule has 0 aliphatic carbocycles. The number of amides is 1. The van der Waals surface area contributed by atoms with Crippen LogP contribution >= 0.6 is 0 Å². The van der Waals surface area contributed by atoms with Crippen LogP contribution in [0.25, 0.3) is 11.1 Å². The monoisotopic (exact) mass is 420 g/mol. The molecular weight excluding hydrogens is 395 g/mol. The maximum atomic E-state index is 13.3. The Labute approximate surface area is 180 Å². The van der Waals surface area contributed by atoms with Gasteiger partial charge in [-0.2, -0.15) is 0 Å². The number of piperidine rings is 1. The predicted octanol–water partition coefficient (Wildman–Crippen LogP) is 3.67. The third-order valence-electron chi connectivity index (χ3n) is 5.56. The molecule has 2 aromatic heterocycles. The second-order valence-electron chi connectivity index (χ2n) is 7.80. The molecule has 31 heavy (non-hydrogen) atoms. The number of hydrogen-bond acceptors (Lipinski definition) is 5. The van der Waals surface area contributed by atoms with Crippen molar-refractivity contribution in [3.63, 3.8) is 0 Å². The Morgan fingerprint density at radius 2 is 1.81 bits per heavy atom. The molecule has 1 aromatic carbocycles. The van der Waals surface area contributed by atoms with Crippen molar-refractivity contribution < 1.29 is 14.3 Å². The van der Waals surface area contributed by atoms with E-state index in [0.717, 1.165) is 42.9 Å². The van der Waals surface area contributed by atoms with E-state index in [4.69, 9.17) is 0 Å². The van der Waals surface area contributed by atoms with Gasteiger partial charge < -0.3 is 15.3 Å². The summed E-state index contributed by atoms with van der Waals surface area (Å²) in [4.78, 5) is 23.3. The Morgan fingerprint density at radius 3 is 2.55 bits per heavy atom. The van der Waals surface area contributed by atoms with E-state index >= 15 is 0 Å². The van der Waals surface area contributed by atoms with Crippen LogP contribution in [-0.2, 0) is 11.2 Å². The number of aromatic nitrogens is 2. The zero-order chi connectivity index (χ0) is 21.6. The minimum atomic E-state index is -0.362. The first kappa shape index (κ1) is 20.9. The molecular formula is C24H25FN4O2. The van der Waals surface area contributed by atoms with Gasteiger partial charge in [0, 0.05) is 32.1 Å². The van der Waals surface area contributed by atoms with Gasteiger partial charge in [0.05, 0.1) is 6.42 Å². The fourth-order valence-corrected chi connectivity index (χ4v) is 3.81. The molecule has 3 aromatic rings. The van der Waals surface area contributed by atoms with Gasteiger partial charge in [0.2, 0.25) is 5.91 Å². The quantitative estimate of drug-likeness (QED) is 0.636. The maximum Gasteiger partial charge on any atom is 0.229 e. The number of hydrogen-bond donors (Lipinski definition) is 2. The van der Waals surface area contributed by atoms with Gasteiger partial charge in [-0.3, -0.25) is 4.79 Å². The number of halogens is 1. The van der Waals surface area contributed by atoms with Crippen LogP contribution in [0.3, 0.4) is 0 Å². The molecule has 1 fully saturated rings. The second kappa shape index (κ2) is 9.66. The van der Waals surface area contributed by atoms with E-state index < -0.39 is 0 Å². The topological polar surface area (TPSA) is 78.4 Å². The normalized spacial score (nSPS) is 14.5. The fraction of sp³-hybridized carbons (Fsp3) is 0.292. The number of aliphatic hydroxyl groups excluding tert-OH is 1. The van der Waals surface area contributed by atoms with Crippen LogP contribution in [0, 0.1) is 11.7 Å². The molecule has 0 radical (unpaired) electrons. The zero-order valence-electron chi connectivity index (χ0n) is 17.2. The highest BCUT2D eigenvalue weighted by molar-refractivity contribution is 5.92. The third-order valence-corrected chi connectivity index (χ3v) is 5.56. The van der Waals surface area contributed by atoms with Gasteiger partial charge in [-0.1, -0.05) is 12.1 Å². The van der Waals surface area contributed by atoms with Crippen LogP contribution in [0.2, 0.25) is 0 Å². The Morgan fingerprint density at radius 1 is 1.06 bits per heavy atom. The number of carbonyl (C=O) groups is 1. The summed E-state index contributed by atoms with van der Waals surface area (Å²) < 4.78 is 13.3. The van der Waals surface area contributed by atoms with Crippen molar-refractivity contribution in [2.45, 2.75) is 19.3 Å². The van der Waals surface area contributed by atoms with Crippen molar-refractivity contribution in [3.8, 4) is 11.1 Å². The highest BCUT2D eigenvalue weighted by Gasteiger charge is 2.19. The summed E-state index contributed by atoms with van der Waals surface area (Å²) in [7, 11) is 0. The molecule has 1 aliphatic rings. The third kappa shape index (κ3) is 5.44. The van der Waals surface area contributed by atoms with Gasteiger partial charge in [-0.15, -0.1) is 0 Å². The Kier molecular flexibility index (Phi) is 6.52. The number of nitrogens with zero attached hydrogens (tertiary/aromatic N) is 3. The number of pyridine rings is 2. The van der Waals surface area contributed by atoms with Gasteiger partial charge in [0.15, 0.2) is 0 Å². The highest BCUT2D eigenvalue weighted by atomic mass is 19.1. The number of benzene rings is 1. The second-order valence-corrected chi connectivity index (χ2v) is 7.80. The average Bonchev–Trinajstić information content (AvgIpc) is 2.79. The average molecular weight is 420 g/mol. The molecule has 1 saturated heterocycles. The molecule has 7 heteroatoms. The molecule has 160 valence electrons.